The van der Waals surface area contributed by atoms with Crippen LogP contribution in [0.25, 0.3) is 16.8 Å². The third kappa shape index (κ3) is 3.73. The number of fused-ring (bicyclic) bond motifs is 3. The van der Waals surface area contributed by atoms with Crippen molar-refractivity contribution in [2.24, 2.45) is 0 Å². The van der Waals surface area contributed by atoms with Crippen LogP contribution in [-0.4, -0.2) is 67.3 Å². The predicted molar refractivity (Wildman–Crippen MR) is 111 cm³/mol. The van der Waals surface area contributed by atoms with E-state index in [0.29, 0.717) is 6.04 Å². The summed E-state index contributed by atoms with van der Waals surface area (Å²) >= 11 is 0. The Morgan fingerprint density at radius 2 is 1.90 bits per heavy atom. The first-order chi connectivity index (χ1) is 13.7. The van der Waals surface area contributed by atoms with Gasteiger partial charge in [-0.3, -0.25) is 4.40 Å². The van der Waals surface area contributed by atoms with E-state index in [2.05, 4.69) is 32.1 Å². The second kappa shape index (κ2) is 7.20. The quantitative estimate of drug-likeness (QED) is 0.727. The Morgan fingerprint density at radius 3 is 2.59 bits per heavy atom. The average molecular weight is 399 g/mol. The molecule has 0 unspecified atom stereocenters. The van der Waals surface area contributed by atoms with Gasteiger partial charge < -0.3 is 19.5 Å². The molecule has 0 spiro atoms. The Bertz CT molecular complexity index is 1010. The number of H-pyrrole nitrogens is 1. The molecular weight excluding hydrogens is 370 g/mol. The molecule has 0 aliphatic heterocycles. The Balaban J connectivity index is 1.46. The van der Waals surface area contributed by atoms with Crippen molar-refractivity contribution < 1.29 is 9.53 Å². The monoisotopic (exact) mass is 399 g/mol. The van der Waals surface area contributed by atoms with Crippen molar-refractivity contribution in [3.8, 4) is 0 Å². The second-order valence-corrected chi connectivity index (χ2v) is 8.85. The van der Waals surface area contributed by atoms with Gasteiger partial charge in [-0.25, -0.2) is 9.78 Å². The fourth-order valence-corrected chi connectivity index (χ4v) is 4.14. The average Bonchev–Trinajstić information content (AvgIpc) is 3.31. The van der Waals surface area contributed by atoms with Crippen LogP contribution < -0.4 is 4.90 Å². The number of rotatable bonds is 3. The molecule has 0 atom stereocenters. The van der Waals surface area contributed by atoms with Crippen LogP contribution in [0.1, 0.15) is 46.5 Å². The van der Waals surface area contributed by atoms with Gasteiger partial charge in [0.05, 0.1) is 11.9 Å². The van der Waals surface area contributed by atoms with E-state index in [-0.39, 0.29) is 12.1 Å². The van der Waals surface area contributed by atoms with Crippen molar-refractivity contribution in [1.82, 2.24) is 29.5 Å². The maximum absolute atomic E-state index is 12.4. The van der Waals surface area contributed by atoms with Gasteiger partial charge in [0, 0.05) is 32.4 Å². The van der Waals surface area contributed by atoms with Crippen LogP contribution in [0.15, 0.2) is 18.7 Å². The van der Waals surface area contributed by atoms with Gasteiger partial charge in [0.25, 0.3) is 0 Å². The van der Waals surface area contributed by atoms with Gasteiger partial charge in [0.1, 0.15) is 17.4 Å². The fourth-order valence-electron chi connectivity index (χ4n) is 4.14. The normalized spacial score (nSPS) is 20.2. The van der Waals surface area contributed by atoms with Gasteiger partial charge in [-0.2, -0.15) is 0 Å². The predicted octanol–water partition coefficient (Wildman–Crippen LogP) is 3.22. The molecule has 3 heterocycles. The molecule has 1 aliphatic carbocycles. The van der Waals surface area contributed by atoms with Crippen LogP contribution >= 0.6 is 0 Å². The number of ether oxygens (including phenoxy) is 1. The zero-order chi connectivity index (χ0) is 20.8. The van der Waals surface area contributed by atoms with Crippen molar-refractivity contribution in [2.45, 2.75) is 64.1 Å². The number of aromatic amines is 1. The van der Waals surface area contributed by atoms with Crippen molar-refractivity contribution in [2.75, 3.05) is 19.0 Å². The molecule has 0 bridgehead atoms. The summed E-state index contributed by atoms with van der Waals surface area (Å²) in [6.45, 7) is 5.69. The van der Waals surface area contributed by atoms with E-state index >= 15 is 0 Å². The topological polar surface area (TPSA) is 91.6 Å². The van der Waals surface area contributed by atoms with Crippen molar-refractivity contribution >= 4 is 28.6 Å². The second-order valence-electron chi connectivity index (χ2n) is 8.85. The molecule has 9 heteroatoms. The lowest BCUT2D eigenvalue weighted by molar-refractivity contribution is 0.0183. The first-order valence-corrected chi connectivity index (χ1v) is 10.1. The first-order valence-electron chi connectivity index (χ1n) is 10.1. The van der Waals surface area contributed by atoms with Crippen LogP contribution in [0.2, 0.25) is 0 Å². The summed E-state index contributed by atoms with van der Waals surface area (Å²) in [5.41, 5.74) is 3.15. The van der Waals surface area contributed by atoms with E-state index in [0.717, 1.165) is 48.2 Å². The highest BCUT2D eigenvalue weighted by Crippen LogP contribution is 2.32. The molecule has 0 saturated heterocycles. The summed E-state index contributed by atoms with van der Waals surface area (Å²) in [6.07, 6.45) is 9.10. The lowest BCUT2D eigenvalue weighted by Crippen LogP contribution is -2.45. The highest BCUT2D eigenvalue weighted by molar-refractivity contribution is 5.88. The summed E-state index contributed by atoms with van der Waals surface area (Å²) in [7, 11) is 3.96. The van der Waals surface area contributed by atoms with Gasteiger partial charge >= 0.3 is 6.09 Å². The Kier molecular flexibility index (Phi) is 4.84. The van der Waals surface area contributed by atoms with E-state index in [4.69, 9.17) is 4.74 Å². The summed E-state index contributed by atoms with van der Waals surface area (Å²) in [5, 5.41) is 8.11. The standard InChI is InChI=1S/C20H29N7O2/c1-20(2,3)29-19(28)26(5)14-8-6-13(7-9-14)25(4)15-10-21-18-17(15)27-12-23-24-16(27)11-22-18/h10-14,21H,6-9H2,1-5H3. The van der Waals surface area contributed by atoms with E-state index in [1.54, 1.807) is 17.4 Å². The maximum Gasteiger partial charge on any atom is 0.410 e. The zero-order valence-electron chi connectivity index (χ0n) is 17.7. The van der Waals surface area contributed by atoms with Crippen molar-refractivity contribution in [1.29, 1.82) is 0 Å². The summed E-state index contributed by atoms with van der Waals surface area (Å²) in [6, 6.07) is 0.604. The van der Waals surface area contributed by atoms with Gasteiger partial charge in [-0.1, -0.05) is 0 Å². The van der Waals surface area contributed by atoms with Crippen LogP contribution in [0.5, 0.6) is 0 Å². The molecule has 9 nitrogen and oxygen atoms in total. The molecule has 4 rings (SSSR count). The highest BCUT2D eigenvalue weighted by Gasteiger charge is 2.31. The highest BCUT2D eigenvalue weighted by atomic mass is 16.6. The van der Waals surface area contributed by atoms with Gasteiger partial charge in [0.2, 0.25) is 0 Å². The van der Waals surface area contributed by atoms with Crippen LogP contribution in [0.4, 0.5) is 10.5 Å². The molecule has 0 aromatic carbocycles. The minimum Gasteiger partial charge on any atom is -0.444 e. The lowest BCUT2D eigenvalue weighted by Gasteiger charge is -2.39. The molecule has 1 amide bonds. The van der Waals surface area contributed by atoms with Crippen LogP contribution in [-0.2, 0) is 4.74 Å². The molecule has 1 N–H and O–H groups in total. The Hall–Kier alpha value is -2.84. The number of anilines is 1. The van der Waals surface area contributed by atoms with E-state index in [9.17, 15) is 4.79 Å². The number of amides is 1. The number of carbonyl (C=O) groups excluding carboxylic acids is 1. The Morgan fingerprint density at radius 1 is 1.21 bits per heavy atom. The minimum absolute atomic E-state index is 0.212. The third-order valence-electron chi connectivity index (χ3n) is 5.76. The maximum atomic E-state index is 12.4. The summed E-state index contributed by atoms with van der Waals surface area (Å²) in [4.78, 5) is 24.1. The van der Waals surface area contributed by atoms with Gasteiger partial charge in [-0.05, 0) is 46.5 Å². The molecule has 1 fully saturated rings. The minimum atomic E-state index is -0.473. The van der Waals surface area contributed by atoms with E-state index in [1.165, 1.54) is 0 Å². The number of aromatic nitrogens is 5. The molecule has 1 saturated carbocycles. The van der Waals surface area contributed by atoms with E-state index in [1.807, 2.05) is 38.4 Å². The zero-order valence-corrected chi connectivity index (χ0v) is 17.7. The third-order valence-corrected chi connectivity index (χ3v) is 5.76. The molecule has 3 aromatic heterocycles. The van der Waals surface area contributed by atoms with Crippen LogP contribution in [0.3, 0.4) is 0 Å². The molecule has 156 valence electrons. The molecule has 3 aromatic rings. The molecular formula is C20H29N7O2. The number of hydrogen-bond acceptors (Lipinski definition) is 6. The number of nitrogens with zero attached hydrogens (tertiary/aromatic N) is 6. The Labute approximate surface area is 170 Å². The smallest absolute Gasteiger partial charge is 0.410 e. The molecule has 29 heavy (non-hydrogen) atoms. The first kappa shape index (κ1) is 19.5. The molecule has 0 radical (unpaired) electrons. The van der Waals surface area contributed by atoms with Crippen molar-refractivity contribution in [3.05, 3.63) is 18.7 Å². The summed E-state index contributed by atoms with van der Waals surface area (Å²) in [5.74, 6) is 0. The largest absolute Gasteiger partial charge is 0.444 e. The number of hydrogen-bond donors (Lipinski definition) is 1. The lowest BCUT2D eigenvalue weighted by atomic mass is 9.89. The van der Waals surface area contributed by atoms with Crippen LogP contribution in [0, 0.1) is 0 Å². The van der Waals surface area contributed by atoms with Gasteiger partial charge in [0.15, 0.2) is 11.3 Å². The molecule has 1 aliphatic rings. The number of nitrogens with one attached hydrogen (secondary N) is 1. The fraction of sp³-hybridized carbons (Fsp3) is 0.600. The van der Waals surface area contributed by atoms with Gasteiger partial charge in [-0.15, -0.1) is 10.2 Å². The summed E-state index contributed by atoms with van der Waals surface area (Å²) < 4.78 is 7.48. The van der Waals surface area contributed by atoms with Crippen molar-refractivity contribution in [3.63, 3.8) is 0 Å². The SMILES string of the molecule is CN(C(=O)OC(C)(C)C)C1CCC(N(C)c2c[nH]c3ncc4nncn4c23)CC1. The number of carbonyl (C=O) groups is 1. The van der Waals surface area contributed by atoms with E-state index < -0.39 is 5.60 Å².